The van der Waals surface area contributed by atoms with Gasteiger partial charge >= 0.3 is 0 Å². The highest BCUT2D eigenvalue weighted by Gasteiger charge is 2.47. The second-order valence-electron chi connectivity index (χ2n) is 8.97. The average molecular weight is 418 g/mol. The number of phenolic OH excluding ortho intramolecular Hbond substituents is 1. The van der Waals surface area contributed by atoms with E-state index in [9.17, 15) is 9.50 Å². The number of aromatic nitrogens is 4. The van der Waals surface area contributed by atoms with Gasteiger partial charge < -0.3 is 15.3 Å². The molecule has 1 saturated carbocycles. The number of aryl methyl sites for hydroxylation is 1. The normalized spacial score (nSPS) is 20.1. The topological polar surface area (TPSA) is 79.1 Å². The fourth-order valence-corrected chi connectivity index (χ4v) is 4.78. The molecule has 0 bridgehead atoms. The first kappa shape index (κ1) is 18.5. The molecule has 1 aliphatic heterocycles. The second kappa shape index (κ2) is 6.37. The number of halogens is 1. The van der Waals surface area contributed by atoms with E-state index in [2.05, 4.69) is 44.3 Å². The summed E-state index contributed by atoms with van der Waals surface area (Å²) < 4.78 is 16.2. The second-order valence-corrected chi connectivity index (χ2v) is 8.97. The Morgan fingerprint density at radius 2 is 2.06 bits per heavy atom. The number of nitrogens with zero attached hydrogens (tertiary/aromatic N) is 5. The lowest BCUT2D eigenvalue weighted by atomic mass is 10.1. The van der Waals surface area contributed by atoms with Crippen molar-refractivity contribution in [2.45, 2.75) is 31.3 Å². The summed E-state index contributed by atoms with van der Waals surface area (Å²) in [6.45, 7) is 4.21. The SMILES string of the molecule is CC1CN(c2ccc3nc(-c4cc5cn(C)nc5c(F)c4O)ncc3c2)CC2(CC2)N1. The maximum atomic E-state index is 14.6. The zero-order valence-corrected chi connectivity index (χ0v) is 17.4. The van der Waals surface area contributed by atoms with Gasteiger partial charge in [0, 0.05) is 60.6 Å². The third-order valence-corrected chi connectivity index (χ3v) is 6.39. The summed E-state index contributed by atoms with van der Waals surface area (Å²) in [5.41, 5.74) is 2.58. The highest BCUT2D eigenvalue weighted by molar-refractivity contribution is 5.89. The summed E-state index contributed by atoms with van der Waals surface area (Å²) in [4.78, 5) is 11.5. The molecule has 1 spiro atoms. The first-order valence-electron chi connectivity index (χ1n) is 10.6. The molecule has 0 radical (unpaired) electrons. The van der Waals surface area contributed by atoms with Crippen LogP contribution >= 0.6 is 0 Å². The van der Waals surface area contributed by atoms with Crippen LogP contribution in [-0.4, -0.2) is 49.5 Å². The number of fused-ring (bicyclic) bond motifs is 2. The van der Waals surface area contributed by atoms with E-state index in [1.54, 1.807) is 25.5 Å². The van der Waals surface area contributed by atoms with Gasteiger partial charge in [-0.15, -0.1) is 0 Å². The molecular weight excluding hydrogens is 395 g/mol. The van der Waals surface area contributed by atoms with Crippen LogP contribution in [0, 0.1) is 5.82 Å². The molecule has 1 aliphatic carbocycles. The van der Waals surface area contributed by atoms with Crippen LogP contribution in [0.15, 0.2) is 36.7 Å². The molecule has 7 nitrogen and oxygen atoms in total. The van der Waals surface area contributed by atoms with Crippen molar-refractivity contribution in [3.05, 3.63) is 42.5 Å². The molecule has 2 aliphatic rings. The van der Waals surface area contributed by atoms with E-state index in [0.717, 1.165) is 29.7 Å². The van der Waals surface area contributed by atoms with Crippen LogP contribution in [0.2, 0.25) is 0 Å². The molecule has 0 amide bonds. The molecule has 2 fully saturated rings. The molecule has 3 heterocycles. The summed E-state index contributed by atoms with van der Waals surface area (Å²) in [6, 6.07) is 8.28. The van der Waals surface area contributed by atoms with E-state index in [1.807, 2.05) is 6.07 Å². The first-order chi connectivity index (χ1) is 14.9. The van der Waals surface area contributed by atoms with E-state index < -0.39 is 11.6 Å². The van der Waals surface area contributed by atoms with Crippen molar-refractivity contribution in [1.29, 1.82) is 0 Å². The number of benzene rings is 2. The van der Waals surface area contributed by atoms with E-state index in [1.165, 1.54) is 17.5 Å². The summed E-state index contributed by atoms with van der Waals surface area (Å²) in [6.07, 6.45) is 5.91. The van der Waals surface area contributed by atoms with Crippen LogP contribution in [0.1, 0.15) is 19.8 Å². The number of rotatable bonds is 2. The van der Waals surface area contributed by atoms with Crippen LogP contribution in [-0.2, 0) is 7.05 Å². The fourth-order valence-electron chi connectivity index (χ4n) is 4.78. The van der Waals surface area contributed by atoms with E-state index in [-0.39, 0.29) is 22.4 Å². The quantitative estimate of drug-likeness (QED) is 0.520. The molecule has 1 unspecified atom stereocenters. The number of hydrogen-bond donors (Lipinski definition) is 2. The maximum absolute atomic E-state index is 14.6. The van der Waals surface area contributed by atoms with Gasteiger partial charge in [0.2, 0.25) is 0 Å². The fraction of sp³-hybridized carbons (Fsp3) is 0.348. The number of phenols is 1. The van der Waals surface area contributed by atoms with Gasteiger partial charge in [0.15, 0.2) is 17.4 Å². The third-order valence-electron chi connectivity index (χ3n) is 6.39. The average Bonchev–Trinajstić information content (AvgIpc) is 3.37. The van der Waals surface area contributed by atoms with Gasteiger partial charge in [-0.3, -0.25) is 4.68 Å². The Bertz CT molecular complexity index is 1350. The summed E-state index contributed by atoms with van der Waals surface area (Å²) in [5, 5.41) is 19.7. The van der Waals surface area contributed by atoms with Crippen molar-refractivity contribution >= 4 is 27.5 Å². The molecule has 2 N–H and O–H groups in total. The van der Waals surface area contributed by atoms with E-state index >= 15 is 0 Å². The molecule has 2 aromatic carbocycles. The summed E-state index contributed by atoms with van der Waals surface area (Å²) in [5.74, 6) is -0.948. The number of piperazine rings is 1. The molecule has 158 valence electrons. The van der Waals surface area contributed by atoms with Gasteiger partial charge in [-0.1, -0.05) is 0 Å². The smallest absolute Gasteiger partial charge is 0.193 e. The summed E-state index contributed by atoms with van der Waals surface area (Å²) >= 11 is 0. The highest BCUT2D eigenvalue weighted by atomic mass is 19.1. The lowest BCUT2D eigenvalue weighted by Gasteiger charge is -2.39. The molecule has 31 heavy (non-hydrogen) atoms. The molecular formula is C23H23FN6O. The lowest BCUT2D eigenvalue weighted by molar-refractivity contribution is 0.372. The Morgan fingerprint density at radius 1 is 1.23 bits per heavy atom. The highest BCUT2D eigenvalue weighted by Crippen LogP contribution is 2.40. The van der Waals surface area contributed by atoms with Gasteiger partial charge in [-0.05, 0) is 44.0 Å². The van der Waals surface area contributed by atoms with Crippen molar-refractivity contribution in [3.8, 4) is 17.1 Å². The van der Waals surface area contributed by atoms with E-state index in [4.69, 9.17) is 0 Å². The van der Waals surface area contributed by atoms with Crippen molar-refractivity contribution in [2.24, 2.45) is 7.05 Å². The molecule has 1 saturated heterocycles. The zero-order chi connectivity index (χ0) is 21.3. The summed E-state index contributed by atoms with van der Waals surface area (Å²) in [7, 11) is 1.71. The van der Waals surface area contributed by atoms with Crippen molar-refractivity contribution in [1.82, 2.24) is 25.1 Å². The van der Waals surface area contributed by atoms with E-state index in [0.29, 0.717) is 11.4 Å². The van der Waals surface area contributed by atoms with Gasteiger partial charge in [-0.25, -0.2) is 14.4 Å². The minimum absolute atomic E-state index is 0.132. The molecule has 6 rings (SSSR count). The third kappa shape index (κ3) is 3.01. The monoisotopic (exact) mass is 418 g/mol. The molecule has 1 atom stereocenters. The van der Waals surface area contributed by atoms with Crippen LogP contribution in [0.3, 0.4) is 0 Å². The minimum Gasteiger partial charge on any atom is -0.504 e. The number of nitrogens with one attached hydrogen (secondary N) is 1. The maximum Gasteiger partial charge on any atom is 0.193 e. The molecule has 4 aromatic rings. The van der Waals surface area contributed by atoms with Gasteiger partial charge in [-0.2, -0.15) is 5.10 Å². The standard InChI is InChI=1S/C23H23FN6O/c1-13-10-30(12-23(27-13)5-6-23)16-3-4-18-14(7-16)9-25-22(26-18)17-8-15-11-29(2)28-20(15)19(24)21(17)31/h3-4,7-9,11,13,27,31H,5-6,10,12H2,1-2H3. The van der Waals surface area contributed by atoms with Crippen LogP contribution < -0.4 is 10.2 Å². The largest absolute Gasteiger partial charge is 0.504 e. The lowest BCUT2D eigenvalue weighted by Crippen LogP contribution is -2.57. The van der Waals surface area contributed by atoms with Crippen LogP contribution in [0.4, 0.5) is 10.1 Å². The minimum atomic E-state index is -0.756. The Balaban J connectivity index is 1.38. The number of anilines is 1. The molecule has 8 heteroatoms. The molecule has 2 aromatic heterocycles. The first-order valence-corrected chi connectivity index (χ1v) is 10.6. The predicted molar refractivity (Wildman–Crippen MR) is 118 cm³/mol. The van der Waals surface area contributed by atoms with Gasteiger partial charge in [0.1, 0.15) is 5.52 Å². The van der Waals surface area contributed by atoms with Gasteiger partial charge in [0.25, 0.3) is 0 Å². The number of hydrogen-bond acceptors (Lipinski definition) is 6. The van der Waals surface area contributed by atoms with Gasteiger partial charge in [0.05, 0.1) is 11.1 Å². The Labute approximate surface area is 178 Å². The van der Waals surface area contributed by atoms with Crippen LogP contribution in [0.25, 0.3) is 33.2 Å². The Kier molecular flexibility index (Phi) is 3.80. The van der Waals surface area contributed by atoms with Crippen molar-refractivity contribution in [2.75, 3.05) is 18.0 Å². The zero-order valence-electron chi connectivity index (χ0n) is 17.4. The predicted octanol–water partition coefficient (Wildman–Crippen LogP) is 3.36. The Hall–Kier alpha value is -3.26. The van der Waals surface area contributed by atoms with Crippen molar-refractivity contribution < 1.29 is 9.50 Å². The van der Waals surface area contributed by atoms with Crippen LogP contribution in [0.5, 0.6) is 5.75 Å². The van der Waals surface area contributed by atoms with Crippen molar-refractivity contribution in [3.63, 3.8) is 0 Å². The Morgan fingerprint density at radius 3 is 2.87 bits per heavy atom. The number of aromatic hydroxyl groups is 1.